The highest BCUT2D eigenvalue weighted by Gasteiger charge is 2.20. The molecule has 11 rings (SSSR count). The minimum absolute atomic E-state index is 0. The second kappa shape index (κ2) is 52.3. The van der Waals surface area contributed by atoms with E-state index in [9.17, 15) is 0 Å². The molecule has 0 fully saturated rings. The Morgan fingerprint density at radius 2 is 0.653 bits per heavy atom. The fourth-order valence-corrected chi connectivity index (χ4v) is 17.4. The average Bonchev–Trinajstić information content (AvgIpc) is 1.61. The lowest BCUT2D eigenvalue weighted by Crippen LogP contribution is -2.00. The lowest BCUT2D eigenvalue weighted by molar-refractivity contribution is 0.632. The van der Waals surface area contributed by atoms with Gasteiger partial charge in [-0.1, -0.05) is 192 Å². The summed E-state index contributed by atoms with van der Waals surface area (Å²) in [5.41, 5.74) is 38.2. The maximum absolute atomic E-state index is 6.01. The van der Waals surface area contributed by atoms with E-state index in [2.05, 4.69) is 352 Å². The third-order valence-electron chi connectivity index (χ3n) is 22.0. The summed E-state index contributed by atoms with van der Waals surface area (Å²) in [5.74, 6) is 6.32. The minimum Gasteiger partial charge on any atom is -0.282 e. The zero-order valence-corrected chi connectivity index (χ0v) is 86.0. The average molecular weight is 1700 g/mol. The van der Waals surface area contributed by atoms with E-state index in [0.29, 0.717) is 65.1 Å². The zero-order valence-electron chi connectivity index (χ0n) is 85.2. The summed E-state index contributed by atoms with van der Waals surface area (Å²) < 4.78 is 15.5. The minimum atomic E-state index is 0. The molecule has 684 valence electrons. The van der Waals surface area contributed by atoms with Crippen LogP contribution in [0, 0.1) is 111 Å². The van der Waals surface area contributed by atoms with Gasteiger partial charge >= 0.3 is 0 Å². The third-order valence-corrected chi connectivity index (χ3v) is 22.4. The first kappa shape index (κ1) is 113. The highest BCUT2D eigenvalue weighted by Crippen LogP contribution is 2.30. The molecular weight excluding hydrogens is 1520 g/mol. The summed E-state index contributed by atoms with van der Waals surface area (Å²) in [7, 11) is 13.8. The molecule has 11 heterocycles. The molecule has 11 aromatic heterocycles. The maximum atomic E-state index is 6.01. The van der Waals surface area contributed by atoms with Crippen molar-refractivity contribution in [2.45, 2.75) is 389 Å². The van der Waals surface area contributed by atoms with Crippen LogP contribution in [0.15, 0.2) is 12.4 Å². The van der Waals surface area contributed by atoms with Gasteiger partial charge in [-0.3, -0.25) is 52.8 Å². The van der Waals surface area contributed by atoms with Crippen molar-refractivity contribution in [1.82, 2.24) is 109 Å². The lowest BCUT2D eigenvalue weighted by atomic mass is 9.98. The molecular formula is C98H175ClN22. The van der Waals surface area contributed by atoms with Crippen LogP contribution >= 0.6 is 11.6 Å². The summed E-state index contributed by atoms with van der Waals surface area (Å²) >= 11 is 6.01. The fourth-order valence-electron chi connectivity index (χ4n) is 17.0. The number of hydrogen-bond donors (Lipinski definition) is 3. The monoisotopic (exact) mass is 1700 g/mol. The molecule has 0 aliphatic rings. The van der Waals surface area contributed by atoms with E-state index in [1.165, 1.54) is 141 Å². The Labute approximate surface area is 741 Å². The zero-order chi connectivity index (χ0) is 93.0. The van der Waals surface area contributed by atoms with E-state index in [-0.39, 0.29) is 7.43 Å². The smallest absolute Gasteiger partial charge is 0.130 e. The number of nitrogens with one attached hydrogen (secondary N) is 3. The maximum Gasteiger partial charge on any atom is 0.130 e. The van der Waals surface area contributed by atoms with Gasteiger partial charge in [0.05, 0.1) is 63.1 Å². The Balaban J connectivity index is 0.00000131. The summed E-state index contributed by atoms with van der Waals surface area (Å²) in [5, 5.41) is 56.9. The second-order valence-corrected chi connectivity index (χ2v) is 36.1. The van der Waals surface area contributed by atoms with Gasteiger partial charge in [-0.25, -0.2) is 0 Å². The van der Waals surface area contributed by atoms with Gasteiger partial charge in [0.1, 0.15) is 5.15 Å². The molecule has 0 saturated heterocycles. The topological polar surface area (TPSA) is 229 Å². The SMILES string of the molecule is C.CCc1c(C(C)C)c(C)nn1C.CCc1n[nH]c(CC)c1C(C)C.CCn1nc(C)c(C(C)C)c1C.Cc1cnn(C)c1C(C)C.Cc1n[nH]c(C)c1C(C)C.Cc1n[nH]c(C)c1C(C)C.Cc1nn(C)c(C)c1C(C)C.Cc1nn(C)c(C)c1C(C)C.Cc1nn(C)c(C)c1C(C)C.Cc1nn(C)c(Cl)c1C(C)C.Cc1nn(C)cc1C(C)C. The predicted octanol–water partition coefficient (Wildman–Crippen LogP) is 25.3. The van der Waals surface area contributed by atoms with Crippen molar-refractivity contribution >= 4 is 11.6 Å². The molecule has 0 aromatic carbocycles. The number of H-pyrrole nitrogens is 3. The third kappa shape index (κ3) is 32.3. The fraction of sp³-hybridized carbons (Fsp3) is 0.663. The van der Waals surface area contributed by atoms with Crippen LogP contribution in [-0.2, 0) is 75.1 Å². The first-order valence-electron chi connectivity index (χ1n) is 44.3. The quantitative estimate of drug-likeness (QED) is 0.0874. The van der Waals surface area contributed by atoms with Crippen LogP contribution in [0.3, 0.4) is 0 Å². The molecule has 0 unspecified atom stereocenters. The Bertz CT molecular complexity index is 4370. The highest BCUT2D eigenvalue weighted by molar-refractivity contribution is 6.30. The molecule has 0 saturated carbocycles. The standard InChI is InChI=1S/3C10H18N2.3C9H16N2.C8H13ClN2.4C8H14N2.CH4/c1-6-9-10(7(2)3)8(4)11-12(9)5;1-6-12-9(5)10(7(2)3)8(4)11-12;1-5-8-10(7(3)4)9(6-2)12-11-8;3*1-6(2)9-7(3)10-11(5)8(9)4;1-5(2)7-6(3)10-11(4)8(7)9;1-6(2)8-5-10(4)9-7(8)3;1-6(2)8-7(3)5-9-10(8)4;2*1-5(2)8-6(3)9-10-7(8)4;/h2*7H,6H2,1-5H3;7H,5-6H2,1-4H3,(H,11,12);3*6H,1-5H3;5H,1-4H3;2*5-6H,1-4H3;2*5H,1-4H3,(H,9,10);1H4. The van der Waals surface area contributed by atoms with Gasteiger partial charge in [0, 0.05) is 119 Å². The van der Waals surface area contributed by atoms with Crippen LogP contribution in [0.4, 0.5) is 0 Å². The molecule has 0 atom stereocenters. The first-order chi connectivity index (χ1) is 55.5. The number of hydrogen-bond acceptors (Lipinski definition) is 11. The van der Waals surface area contributed by atoms with E-state index >= 15 is 0 Å². The van der Waals surface area contributed by atoms with Crippen LogP contribution in [-0.4, -0.2) is 109 Å². The Morgan fingerprint density at radius 3 is 0.835 bits per heavy atom. The van der Waals surface area contributed by atoms with Gasteiger partial charge in [-0.2, -0.15) is 56.1 Å². The van der Waals surface area contributed by atoms with Gasteiger partial charge in [0.25, 0.3) is 0 Å². The van der Waals surface area contributed by atoms with Gasteiger partial charge in [-0.15, -0.1) is 0 Å². The van der Waals surface area contributed by atoms with Crippen LogP contribution in [0.25, 0.3) is 0 Å². The lowest BCUT2D eigenvalue weighted by Gasteiger charge is -2.06. The van der Waals surface area contributed by atoms with Crippen molar-refractivity contribution in [3.8, 4) is 0 Å². The molecule has 0 aliphatic carbocycles. The van der Waals surface area contributed by atoms with Crippen LogP contribution < -0.4 is 0 Å². The van der Waals surface area contributed by atoms with Crippen molar-refractivity contribution < 1.29 is 0 Å². The number of aromatic amines is 3. The van der Waals surface area contributed by atoms with E-state index in [0.717, 1.165) is 59.3 Å². The van der Waals surface area contributed by atoms with Gasteiger partial charge in [-0.05, 0) is 258 Å². The van der Waals surface area contributed by atoms with E-state index in [1.807, 2.05) is 104 Å². The molecule has 22 nitrogen and oxygen atoms in total. The molecule has 0 amide bonds. The molecule has 0 aliphatic heterocycles. The Morgan fingerprint density at radius 1 is 0.314 bits per heavy atom. The normalized spacial score (nSPS) is 11.0. The predicted molar refractivity (Wildman–Crippen MR) is 517 cm³/mol. The van der Waals surface area contributed by atoms with Gasteiger partial charge < -0.3 is 0 Å². The molecule has 0 radical (unpaired) electrons. The number of rotatable bonds is 15. The molecule has 121 heavy (non-hydrogen) atoms. The summed E-state index contributed by atoms with van der Waals surface area (Å²) in [4.78, 5) is 0. The van der Waals surface area contributed by atoms with Crippen molar-refractivity contribution in [2.75, 3.05) is 0 Å². The number of aryl methyl sites for hydroxylation is 22. The molecule has 11 aromatic rings. The Hall–Kier alpha value is -8.40. The highest BCUT2D eigenvalue weighted by atomic mass is 35.5. The largest absolute Gasteiger partial charge is 0.282 e. The number of halogens is 1. The van der Waals surface area contributed by atoms with Crippen molar-refractivity contribution in [3.05, 3.63) is 187 Å². The van der Waals surface area contributed by atoms with E-state index in [4.69, 9.17) is 11.6 Å². The number of aromatic nitrogens is 22. The first-order valence-corrected chi connectivity index (χ1v) is 44.7. The van der Waals surface area contributed by atoms with Gasteiger partial charge in [0.2, 0.25) is 0 Å². The molecule has 0 bridgehead atoms. The van der Waals surface area contributed by atoms with Crippen molar-refractivity contribution in [2.24, 2.45) is 49.3 Å². The molecule has 23 heteroatoms. The van der Waals surface area contributed by atoms with E-state index in [1.54, 1.807) is 4.68 Å². The van der Waals surface area contributed by atoms with Crippen LogP contribution in [0.2, 0.25) is 5.15 Å². The van der Waals surface area contributed by atoms with Crippen molar-refractivity contribution in [1.29, 1.82) is 0 Å². The van der Waals surface area contributed by atoms with Gasteiger partial charge in [0.15, 0.2) is 0 Å². The van der Waals surface area contributed by atoms with Crippen molar-refractivity contribution in [3.63, 3.8) is 0 Å². The van der Waals surface area contributed by atoms with E-state index < -0.39 is 0 Å². The molecule has 0 spiro atoms. The molecule has 3 N–H and O–H groups in total. The summed E-state index contributed by atoms with van der Waals surface area (Å²) in [6, 6.07) is 0. The number of nitrogens with zero attached hydrogens (tertiary/aromatic N) is 19. The Kier molecular flexibility index (Phi) is 48.6. The summed E-state index contributed by atoms with van der Waals surface area (Å²) in [6.45, 7) is 91.2. The van der Waals surface area contributed by atoms with Crippen LogP contribution in [0.1, 0.15) is 422 Å². The second-order valence-electron chi connectivity index (χ2n) is 35.7. The van der Waals surface area contributed by atoms with Crippen LogP contribution in [0.5, 0.6) is 0 Å². The summed E-state index contributed by atoms with van der Waals surface area (Å²) in [6.07, 6.45) is 7.16.